The van der Waals surface area contributed by atoms with Crippen LogP contribution in [-0.2, 0) is 25.8 Å². The lowest BCUT2D eigenvalue weighted by molar-refractivity contribution is -0.137. The number of hydrogen-bond donors (Lipinski definition) is 3. The predicted molar refractivity (Wildman–Crippen MR) is 118 cm³/mol. The zero-order chi connectivity index (χ0) is 22.9. The third kappa shape index (κ3) is 7.86. The van der Waals surface area contributed by atoms with Crippen LogP contribution in [0.4, 0.5) is 0 Å². The van der Waals surface area contributed by atoms with Crippen molar-refractivity contribution in [1.29, 1.82) is 0 Å². The number of amides is 1. The molecule has 0 aliphatic rings. The molecule has 1 amide bonds. The monoisotopic (exact) mass is 445 g/mol. The van der Waals surface area contributed by atoms with E-state index in [1.165, 1.54) is 12.1 Å². The number of rotatable bonds is 11. The summed E-state index contributed by atoms with van der Waals surface area (Å²) in [6.07, 6.45) is 4.62. The van der Waals surface area contributed by atoms with E-state index in [0.717, 1.165) is 30.2 Å². The number of carbonyl (C=O) groups excluding carboxylic acids is 1. The minimum atomic E-state index is -3.57. The molecule has 0 bridgehead atoms. The number of hydrazone groups is 1. The van der Waals surface area contributed by atoms with Crippen molar-refractivity contribution < 1.29 is 23.1 Å². The number of carboxylic acid groups (broad SMARTS) is 1. The van der Waals surface area contributed by atoms with Crippen molar-refractivity contribution in [3.05, 3.63) is 65.2 Å². The molecule has 0 aliphatic carbocycles. The van der Waals surface area contributed by atoms with Gasteiger partial charge in [0, 0.05) is 12.7 Å². The van der Waals surface area contributed by atoms with Crippen molar-refractivity contribution in [2.45, 2.75) is 43.0 Å². The van der Waals surface area contributed by atoms with Crippen molar-refractivity contribution in [2.75, 3.05) is 6.26 Å². The number of carbonyl (C=O) groups is 2. The van der Waals surface area contributed by atoms with Crippen molar-refractivity contribution in [3.8, 4) is 0 Å². The van der Waals surface area contributed by atoms with Gasteiger partial charge in [0.2, 0.25) is 5.91 Å². The van der Waals surface area contributed by atoms with E-state index in [1.54, 1.807) is 18.3 Å². The molecular formula is C22H27N3O5S. The van der Waals surface area contributed by atoms with Gasteiger partial charge in [0.25, 0.3) is 0 Å². The van der Waals surface area contributed by atoms with Crippen LogP contribution in [0.3, 0.4) is 0 Å². The molecule has 8 nitrogen and oxygen atoms in total. The maximum absolute atomic E-state index is 12.4. The van der Waals surface area contributed by atoms with Crippen LogP contribution in [0.5, 0.6) is 0 Å². The molecule has 2 aromatic carbocycles. The van der Waals surface area contributed by atoms with Gasteiger partial charge in [-0.25, -0.2) is 8.42 Å². The molecule has 0 heterocycles. The summed E-state index contributed by atoms with van der Waals surface area (Å²) in [4.78, 5) is 23.7. The van der Waals surface area contributed by atoms with Gasteiger partial charge in [-0.3, -0.25) is 9.59 Å². The first-order chi connectivity index (χ1) is 14.7. The average Bonchev–Trinajstić information content (AvgIpc) is 2.71. The quantitative estimate of drug-likeness (QED) is 0.210. The van der Waals surface area contributed by atoms with Crippen LogP contribution in [-0.4, -0.2) is 37.9 Å². The maximum Gasteiger partial charge on any atom is 0.305 e. The van der Waals surface area contributed by atoms with Gasteiger partial charge in [-0.1, -0.05) is 42.5 Å². The number of aryl methyl sites for hydroxylation is 1. The van der Waals surface area contributed by atoms with E-state index in [0.29, 0.717) is 6.42 Å². The summed E-state index contributed by atoms with van der Waals surface area (Å²) in [6, 6.07) is 13.0. The molecule has 1 atom stereocenters. The highest BCUT2D eigenvalue weighted by molar-refractivity contribution is 7.90. The molecule has 0 aromatic heterocycles. The van der Waals surface area contributed by atoms with E-state index < -0.39 is 28.3 Å². The van der Waals surface area contributed by atoms with Crippen LogP contribution in [0.25, 0.3) is 0 Å². The van der Waals surface area contributed by atoms with Gasteiger partial charge >= 0.3 is 5.97 Å². The smallest absolute Gasteiger partial charge is 0.305 e. The molecule has 0 aliphatic heterocycles. The van der Waals surface area contributed by atoms with Gasteiger partial charge < -0.3 is 16.3 Å². The fourth-order valence-corrected chi connectivity index (χ4v) is 4.22. The summed E-state index contributed by atoms with van der Waals surface area (Å²) in [5, 5.41) is 15.4. The Labute approximate surface area is 182 Å². The highest BCUT2D eigenvalue weighted by Gasteiger charge is 2.24. The largest absolute Gasteiger partial charge is 0.481 e. The normalized spacial score (nSPS) is 12.5. The molecule has 4 N–H and O–H groups in total. The predicted octanol–water partition coefficient (Wildman–Crippen LogP) is 2.43. The number of sulfone groups is 1. The zero-order valence-corrected chi connectivity index (χ0v) is 18.1. The van der Waals surface area contributed by atoms with Crippen LogP contribution in [0, 0.1) is 0 Å². The van der Waals surface area contributed by atoms with Crippen molar-refractivity contribution in [2.24, 2.45) is 10.9 Å². The number of aliphatic carboxylic acids is 1. The van der Waals surface area contributed by atoms with Crippen LogP contribution in [0.1, 0.15) is 48.4 Å². The van der Waals surface area contributed by atoms with Gasteiger partial charge in [-0.15, -0.1) is 0 Å². The lowest BCUT2D eigenvalue weighted by Gasteiger charge is -2.20. The molecule has 0 spiro atoms. The Bertz CT molecular complexity index is 1030. The van der Waals surface area contributed by atoms with Gasteiger partial charge in [-0.2, -0.15) is 5.10 Å². The number of unbranched alkanes of at least 4 members (excludes halogenated alkanes) is 1. The summed E-state index contributed by atoms with van der Waals surface area (Å²) in [6.45, 7) is 0. The summed E-state index contributed by atoms with van der Waals surface area (Å²) in [5.74, 6) is 3.68. The van der Waals surface area contributed by atoms with E-state index in [9.17, 15) is 23.1 Å². The second-order valence-electron chi connectivity index (χ2n) is 7.25. The Morgan fingerprint density at radius 3 is 2.42 bits per heavy atom. The third-order valence-corrected chi connectivity index (χ3v) is 5.90. The third-order valence-electron chi connectivity index (χ3n) is 4.73. The fraction of sp³-hybridized carbons (Fsp3) is 0.318. The van der Waals surface area contributed by atoms with Crippen LogP contribution < -0.4 is 11.2 Å². The SMILES string of the molecule is CS(=O)(=O)c1ccccc1C(CC(=O)O)NC(=O)CCCCc1ccc(C=NN)cc1. The number of benzene rings is 2. The summed E-state index contributed by atoms with van der Waals surface area (Å²) >= 11 is 0. The first-order valence-corrected chi connectivity index (χ1v) is 11.7. The molecule has 0 radical (unpaired) electrons. The molecule has 0 saturated carbocycles. The molecule has 1 unspecified atom stereocenters. The van der Waals surface area contributed by atoms with Crippen LogP contribution in [0.15, 0.2) is 58.5 Å². The topological polar surface area (TPSA) is 139 Å². The second kappa shape index (κ2) is 11.3. The van der Waals surface area contributed by atoms with E-state index in [4.69, 9.17) is 5.84 Å². The standard InChI is InChI=1S/C22H27N3O5S/c1-31(29,30)20-8-4-3-7-18(20)19(14-22(27)28)25-21(26)9-5-2-6-16-10-12-17(13-11-16)15-24-23/h3-4,7-8,10-13,15,19H,2,5-6,9,14,23H2,1H3,(H,25,26)(H,27,28). The first kappa shape index (κ1) is 24.1. The van der Waals surface area contributed by atoms with Crippen molar-refractivity contribution >= 4 is 27.9 Å². The minimum Gasteiger partial charge on any atom is -0.481 e. The summed E-state index contributed by atoms with van der Waals surface area (Å²) in [5.41, 5.74) is 2.31. The number of hydrogen-bond acceptors (Lipinski definition) is 6. The van der Waals surface area contributed by atoms with Gasteiger partial charge in [-0.05, 0) is 42.0 Å². The highest BCUT2D eigenvalue weighted by atomic mass is 32.2. The Hall–Kier alpha value is -3.20. The molecular weight excluding hydrogens is 418 g/mol. The Morgan fingerprint density at radius 1 is 1.13 bits per heavy atom. The molecule has 2 aromatic rings. The fourth-order valence-electron chi connectivity index (χ4n) is 3.26. The highest BCUT2D eigenvalue weighted by Crippen LogP contribution is 2.25. The molecule has 0 fully saturated rings. The van der Waals surface area contributed by atoms with Crippen LogP contribution in [0.2, 0.25) is 0 Å². The van der Waals surface area contributed by atoms with E-state index in [2.05, 4.69) is 10.4 Å². The Morgan fingerprint density at radius 2 is 1.81 bits per heavy atom. The Kier molecular flexibility index (Phi) is 8.75. The molecule has 9 heteroatoms. The van der Waals surface area contributed by atoms with Crippen LogP contribution >= 0.6 is 0 Å². The molecule has 166 valence electrons. The zero-order valence-electron chi connectivity index (χ0n) is 17.3. The lowest BCUT2D eigenvalue weighted by Crippen LogP contribution is -2.31. The van der Waals surface area contributed by atoms with Gasteiger partial charge in [0.1, 0.15) is 0 Å². The van der Waals surface area contributed by atoms with Crippen molar-refractivity contribution in [3.63, 3.8) is 0 Å². The Balaban J connectivity index is 1.95. The summed E-state index contributed by atoms with van der Waals surface area (Å²) < 4.78 is 24.1. The molecule has 2 rings (SSSR count). The molecule has 31 heavy (non-hydrogen) atoms. The number of nitrogens with zero attached hydrogens (tertiary/aromatic N) is 1. The summed E-state index contributed by atoms with van der Waals surface area (Å²) in [7, 11) is -3.57. The number of carboxylic acids is 1. The number of nitrogens with one attached hydrogen (secondary N) is 1. The van der Waals surface area contributed by atoms with Gasteiger partial charge in [0.15, 0.2) is 9.84 Å². The second-order valence-corrected chi connectivity index (χ2v) is 9.24. The maximum atomic E-state index is 12.4. The van der Waals surface area contributed by atoms with E-state index in [1.807, 2.05) is 24.3 Å². The first-order valence-electron chi connectivity index (χ1n) is 9.83. The van der Waals surface area contributed by atoms with E-state index >= 15 is 0 Å². The lowest BCUT2D eigenvalue weighted by atomic mass is 10.0. The molecule has 0 saturated heterocycles. The van der Waals surface area contributed by atoms with Crippen molar-refractivity contribution in [1.82, 2.24) is 5.32 Å². The minimum absolute atomic E-state index is 0.0182. The number of nitrogens with two attached hydrogens (primary N) is 1. The van der Waals surface area contributed by atoms with E-state index in [-0.39, 0.29) is 22.8 Å². The van der Waals surface area contributed by atoms with Gasteiger partial charge in [0.05, 0.1) is 23.6 Å². The average molecular weight is 446 g/mol.